The second-order valence-electron chi connectivity index (χ2n) is 6.51. The summed E-state index contributed by atoms with van der Waals surface area (Å²) in [7, 11) is 0. The van der Waals surface area contributed by atoms with Gasteiger partial charge in [-0.15, -0.1) is 0 Å². The van der Waals surface area contributed by atoms with Crippen molar-refractivity contribution < 1.29 is 19.4 Å². The van der Waals surface area contributed by atoms with Gasteiger partial charge in [-0.05, 0) is 37.1 Å². The zero-order valence-corrected chi connectivity index (χ0v) is 14.8. The molecule has 1 aliphatic heterocycles. The SMILES string of the molecule is Cc1cccc(NC(=O)C(=O)NCC2(O)CCOc3ccccc32)c1C. The maximum absolute atomic E-state index is 12.2. The Balaban J connectivity index is 1.65. The Labute approximate surface area is 152 Å². The van der Waals surface area contributed by atoms with E-state index in [1.165, 1.54) is 0 Å². The van der Waals surface area contributed by atoms with Crippen LogP contribution in [0.3, 0.4) is 0 Å². The molecule has 2 amide bonds. The normalized spacial score (nSPS) is 18.4. The number of hydrogen-bond donors (Lipinski definition) is 3. The molecule has 2 aromatic carbocycles. The summed E-state index contributed by atoms with van der Waals surface area (Å²) in [6.45, 7) is 4.10. The van der Waals surface area contributed by atoms with Crippen molar-refractivity contribution in [3.63, 3.8) is 0 Å². The average Bonchev–Trinajstić information content (AvgIpc) is 2.64. The number of aliphatic hydroxyl groups is 1. The molecular weight excluding hydrogens is 332 g/mol. The number of ether oxygens (including phenoxy) is 1. The third-order valence-corrected chi connectivity index (χ3v) is 4.76. The summed E-state index contributed by atoms with van der Waals surface area (Å²) in [5, 5.41) is 16.0. The molecule has 2 aromatic rings. The minimum Gasteiger partial charge on any atom is -0.493 e. The molecule has 3 N–H and O–H groups in total. The lowest BCUT2D eigenvalue weighted by atomic mass is 9.88. The molecule has 0 spiro atoms. The summed E-state index contributed by atoms with van der Waals surface area (Å²) in [5.41, 5.74) is 1.88. The van der Waals surface area contributed by atoms with Gasteiger partial charge in [0.2, 0.25) is 0 Å². The molecule has 0 radical (unpaired) electrons. The van der Waals surface area contributed by atoms with Crippen molar-refractivity contribution in [3.05, 3.63) is 59.2 Å². The molecule has 0 aliphatic carbocycles. The summed E-state index contributed by atoms with van der Waals surface area (Å²) in [6.07, 6.45) is 0.336. The minimum atomic E-state index is -1.26. The topological polar surface area (TPSA) is 87.7 Å². The van der Waals surface area contributed by atoms with Gasteiger partial charge in [0.1, 0.15) is 11.4 Å². The largest absolute Gasteiger partial charge is 0.493 e. The van der Waals surface area contributed by atoms with Crippen molar-refractivity contribution in [3.8, 4) is 5.75 Å². The fourth-order valence-electron chi connectivity index (χ4n) is 3.00. The smallest absolute Gasteiger partial charge is 0.313 e. The predicted molar refractivity (Wildman–Crippen MR) is 98.0 cm³/mol. The van der Waals surface area contributed by atoms with E-state index in [-0.39, 0.29) is 6.54 Å². The van der Waals surface area contributed by atoms with Crippen LogP contribution in [0.25, 0.3) is 0 Å². The number of fused-ring (bicyclic) bond motifs is 1. The Kier molecular flexibility index (Phi) is 4.95. The van der Waals surface area contributed by atoms with E-state index in [9.17, 15) is 14.7 Å². The Bertz CT molecular complexity index is 849. The molecule has 0 saturated heterocycles. The highest BCUT2D eigenvalue weighted by atomic mass is 16.5. The first-order chi connectivity index (χ1) is 12.4. The molecule has 26 heavy (non-hydrogen) atoms. The molecule has 0 saturated carbocycles. The van der Waals surface area contributed by atoms with Gasteiger partial charge in [-0.3, -0.25) is 9.59 Å². The maximum Gasteiger partial charge on any atom is 0.313 e. The summed E-state index contributed by atoms with van der Waals surface area (Å²) < 4.78 is 5.52. The van der Waals surface area contributed by atoms with Crippen LogP contribution >= 0.6 is 0 Å². The number of rotatable bonds is 3. The zero-order chi connectivity index (χ0) is 18.7. The summed E-state index contributed by atoms with van der Waals surface area (Å²) in [6, 6.07) is 12.6. The standard InChI is InChI=1S/C20H22N2O4/c1-13-6-5-8-16(14(13)2)22-19(24)18(23)21-12-20(25)10-11-26-17-9-4-3-7-15(17)20/h3-9,25H,10-12H2,1-2H3,(H,21,23)(H,22,24). The Morgan fingerprint density at radius 3 is 2.69 bits per heavy atom. The summed E-state index contributed by atoms with van der Waals surface area (Å²) in [4.78, 5) is 24.3. The first-order valence-electron chi connectivity index (χ1n) is 8.51. The third-order valence-electron chi connectivity index (χ3n) is 4.76. The highest BCUT2D eigenvalue weighted by molar-refractivity contribution is 6.39. The van der Waals surface area contributed by atoms with Crippen molar-refractivity contribution in [1.82, 2.24) is 5.32 Å². The quantitative estimate of drug-likeness (QED) is 0.736. The molecule has 0 bridgehead atoms. The number of amides is 2. The third kappa shape index (κ3) is 3.55. The molecule has 0 fully saturated rings. The number of carbonyl (C=O) groups excluding carboxylic acids is 2. The van der Waals surface area contributed by atoms with Gasteiger partial charge < -0.3 is 20.5 Å². The van der Waals surface area contributed by atoms with E-state index >= 15 is 0 Å². The van der Waals surface area contributed by atoms with Crippen LogP contribution in [0.4, 0.5) is 5.69 Å². The lowest BCUT2D eigenvalue weighted by Gasteiger charge is -2.34. The van der Waals surface area contributed by atoms with E-state index in [4.69, 9.17) is 4.74 Å². The van der Waals surface area contributed by atoms with Crippen LogP contribution < -0.4 is 15.4 Å². The molecule has 3 rings (SSSR count). The fourth-order valence-corrected chi connectivity index (χ4v) is 3.00. The first-order valence-corrected chi connectivity index (χ1v) is 8.51. The lowest BCUT2D eigenvalue weighted by molar-refractivity contribution is -0.137. The molecule has 6 nitrogen and oxygen atoms in total. The van der Waals surface area contributed by atoms with Crippen molar-refractivity contribution in [1.29, 1.82) is 0 Å². The molecule has 6 heteroatoms. The van der Waals surface area contributed by atoms with Crippen molar-refractivity contribution in [2.45, 2.75) is 25.9 Å². The van der Waals surface area contributed by atoms with Crippen molar-refractivity contribution in [2.24, 2.45) is 0 Å². The van der Waals surface area contributed by atoms with Crippen LogP contribution in [-0.4, -0.2) is 30.1 Å². The molecule has 1 atom stereocenters. The van der Waals surface area contributed by atoms with Crippen molar-refractivity contribution in [2.75, 3.05) is 18.5 Å². The maximum atomic E-state index is 12.2. The van der Waals surface area contributed by atoms with Gasteiger partial charge in [0.25, 0.3) is 0 Å². The number of benzene rings is 2. The molecular formula is C20H22N2O4. The predicted octanol–water partition coefficient (Wildman–Crippen LogP) is 2.03. The van der Waals surface area contributed by atoms with E-state index < -0.39 is 17.4 Å². The van der Waals surface area contributed by atoms with E-state index in [0.717, 1.165) is 11.1 Å². The first kappa shape index (κ1) is 17.9. The lowest BCUT2D eigenvalue weighted by Crippen LogP contribution is -2.46. The fraction of sp³-hybridized carbons (Fsp3) is 0.300. The second-order valence-corrected chi connectivity index (χ2v) is 6.51. The van der Waals surface area contributed by atoms with Gasteiger partial charge in [-0.25, -0.2) is 0 Å². The van der Waals surface area contributed by atoms with Crippen molar-refractivity contribution >= 4 is 17.5 Å². The van der Waals surface area contributed by atoms with Crippen LogP contribution in [0.5, 0.6) is 5.75 Å². The number of anilines is 1. The van der Waals surface area contributed by atoms with Gasteiger partial charge in [0.05, 0.1) is 13.2 Å². The van der Waals surface area contributed by atoms with E-state index in [1.54, 1.807) is 24.3 Å². The molecule has 1 unspecified atom stereocenters. The van der Waals surface area contributed by atoms with E-state index in [1.807, 2.05) is 32.0 Å². The second kappa shape index (κ2) is 7.17. The molecule has 0 aromatic heterocycles. The summed E-state index contributed by atoms with van der Waals surface area (Å²) >= 11 is 0. The van der Waals surface area contributed by atoms with E-state index in [0.29, 0.717) is 30.0 Å². The molecule has 1 aliphatic rings. The Morgan fingerprint density at radius 1 is 1.12 bits per heavy atom. The number of hydrogen-bond acceptors (Lipinski definition) is 4. The number of nitrogens with one attached hydrogen (secondary N) is 2. The van der Waals surface area contributed by atoms with Crippen LogP contribution in [0.1, 0.15) is 23.1 Å². The van der Waals surface area contributed by atoms with Gasteiger partial charge in [-0.1, -0.05) is 30.3 Å². The van der Waals surface area contributed by atoms with Crippen LogP contribution in [0.2, 0.25) is 0 Å². The Hall–Kier alpha value is -2.86. The zero-order valence-electron chi connectivity index (χ0n) is 14.8. The minimum absolute atomic E-state index is 0.0631. The highest BCUT2D eigenvalue weighted by Gasteiger charge is 2.36. The van der Waals surface area contributed by atoms with Gasteiger partial charge in [-0.2, -0.15) is 0 Å². The van der Waals surface area contributed by atoms with Gasteiger partial charge >= 0.3 is 11.8 Å². The Morgan fingerprint density at radius 2 is 1.88 bits per heavy atom. The number of aryl methyl sites for hydroxylation is 1. The summed E-state index contributed by atoms with van der Waals surface area (Å²) in [5.74, 6) is -0.957. The molecule has 1 heterocycles. The van der Waals surface area contributed by atoms with Gasteiger partial charge in [0.15, 0.2) is 0 Å². The highest BCUT2D eigenvalue weighted by Crippen LogP contribution is 2.36. The van der Waals surface area contributed by atoms with Crippen LogP contribution in [-0.2, 0) is 15.2 Å². The van der Waals surface area contributed by atoms with Crippen LogP contribution in [0.15, 0.2) is 42.5 Å². The monoisotopic (exact) mass is 354 g/mol. The van der Waals surface area contributed by atoms with Gasteiger partial charge in [0, 0.05) is 17.7 Å². The van der Waals surface area contributed by atoms with Crippen LogP contribution in [0, 0.1) is 13.8 Å². The van der Waals surface area contributed by atoms with E-state index in [2.05, 4.69) is 10.6 Å². The number of carbonyl (C=O) groups is 2. The average molecular weight is 354 g/mol. The molecule has 136 valence electrons. The number of para-hydroxylation sites is 1.